The Bertz CT molecular complexity index is 267. The minimum atomic E-state index is -1.15. The third-order valence-corrected chi connectivity index (χ3v) is 1.50. The van der Waals surface area contributed by atoms with E-state index in [9.17, 15) is 9.59 Å². The van der Waals surface area contributed by atoms with Gasteiger partial charge in [-0.25, -0.2) is 4.79 Å². The first-order valence-corrected chi connectivity index (χ1v) is 4.54. The van der Waals surface area contributed by atoms with Crippen LogP contribution >= 0.6 is 0 Å². The van der Waals surface area contributed by atoms with E-state index in [1.54, 1.807) is 13.8 Å². The highest BCUT2D eigenvalue weighted by Gasteiger charge is 2.18. The number of ether oxygens (including phenoxy) is 1. The van der Waals surface area contributed by atoms with E-state index in [-0.39, 0.29) is 19.1 Å². The van der Waals surface area contributed by atoms with Gasteiger partial charge < -0.3 is 15.2 Å². The molecule has 0 aliphatic rings. The standard InChI is InChI=1S/C10H15NO4/c1-4-5-8(10(13)14)11-9(12)6-15-7(2)3/h1,7-8H,5-6H2,2-3H3,(H,11,12)(H,13,14). The van der Waals surface area contributed by atoms with Crippen molar-refractivity contribution < 1.29 is 19.4 Å². The van der Waals surface area contributed by atoms with Crippen molar-refractivity contribution >= 4 is 11.9 Å². The molecule has 0 radical (unpaired) electrons. The van der Waals surface area contributed by atoms with Gasteiger partial charge in [0, 0.05) is 6.42 Å². The van der Waals surface area contributed by atoms with Gasteiger partial charge >= 0.3 is 5.97 Å². The highest BCUT2D eigenvalue weighted by molar-refractivity contribution is 5.84. The van der Waals surface area contributed by atoms with E-state index in [0.717, 1.165) is 0 Å². The van der Waals surface area contributed by atoms with Gasteiger partial charge in [0.1, 0.15) is 12.6 Å². The van der Waals surface area contributed by atoms with Gasteiger partial charge in [-0.15, -0.1) is 12.3 Å². The maximum Gasteiger partial charge on any atom is 0.327 e. The van der Waals surface area contributed by atoms with E-state index in [1.807, 2.05) is 0 Å². The number of hydrogen-bond donors (Lipinski definition) is 2. The third-order valence-electron chi connectivity index (χ3n) is 1.50. The van der Waals surface area contributed by atoms with Crippen LogP contribution in [0.15, 0.2) is 0 Å². The van der Waals surface area contributed by atoms with Crippen molar-refractivity contribution in [2.45, 2.75) is 32.4 Å². The van der Waals surface area contributed by atoms with Gasteiger partial charge in [-0.05, 0) is 13.8 Å². The lowest BCUT2D eigenvalue weighted by Gasteiger charge is -2.12. The van der Waals surface area contributed by atoms with Crippen LogP contribution in [0.5, 0.6) is 0 Å². The summed E-state index contributed by atoms with van der Waals surface area (Å²) in [6.07, 6.45) is 4.85. The normalized spacial score (nSPS) is 11.9. The predicted octanol–water partition coefficient (Wildman–Crippen LogP) is 0.00410. The molecule has 1 unspecified atom stereocenters. The quantitative estimate of drug-likeness (QED) is 0.609. The molecule has 0 aromatic heterocycles. The molecule has 0 rings (SSSR count). The number of carboxylic acids is 1. The van der Waals surface area contributed by atoms with Gasteiger partial charge in [-0.3, -0.25) is 4.79 Å². The molecule has 1 amide bonds. The molecule has 84 valence electrons. The summed E-state index contributed by atoms with van der Waals surface area (Å²) in [5, 5.41) is 10.9. The van der Waals surface area contributed by atoms with Crippen LogP contribution in [0, 0.1) is 12.3 Å². The van der Waals surface area contributed by atoms with Crippen LogP contribution in [-0.4, -0.2) is 35.7 Å². The lowest BCUT2D eigenvalue weighted by atomic mass is 10.2. The Morgan fingerprint density at radius 2 is 2.13 bits per heavy atom. The molecular weight excluding hydrogens is 198 g/mol. The summed E-state index contributed by atoms with van der Waals surface area (Å²) in [5.74, 6) is 0.555. The summed E-state index contributed by atoms with van der Waals surface area (Å²) in [4.78, 5) is 21.8. The van der Waals surface area contributed by atoms with E-state index < -0.39 is 17.9 Å². The maximum atomic E-state index is 11.2. The average Bonchev–Trinajstić information content (AvgIpc) is 2.14. The second kappa shape index (κ2) is 6.85. The lowest BCUT2D eigenvalue weighted by Crippen LogP contribution is -2.42. The van der Waals surface area contributed by atoms with Crippen molar-refractivity contribution in [3.05, 3.63) is 0 Å². The van der Waals surface area contributed by atoms with Gasteiger partial charge in [-0.1, -0.05) is 0 Å². The minimum absolute atomic E-state index is 0.0389. The molecule has 0 saturated carbocycles. The van der Waals surface area contributed by atoms with Crippen molar-refractivity contribution in [1.82, 2.24) is 5.32 Å². The number of amides is 1. The van der Waals surface area contributed by atoms with Crippen molar-refractivity contribution in [3.8, 4) is 12.3 Å². The molecule has 5 heteroatoms. The van der Waals surface area contributed by atoms with Gasteiger partial charge in [0.25, 0.3) is 0 Å². The number of aliphatic carboxylic acids is 1. The molecule has 0 aliphatic carbocycles. The molecule has 2 N–H and O–H groups in total. The van der Waals surface area contributed by atoms with Crippen LogP contribution in [0.3, 0.4) is 0 Å². The second-order valence-corrected chi connectivity index (χ2v) is 3.23. The largest absolute Gasteiger partial charge is 0.480 e. The highest BCUT2D eigenvalue weighted by atomic mass is 16.5. The van der Waals surface area contributed by atoms with Crippen LogP contribution in [0.4, 0.5) is 0 Å². The molecule has 15 heavy (non-hydrogen) atoms. The molecule has 5 nitrogen and oxygen atoms in total. The maximum absolute atomic E-state index is 11.2. The minimum Gasteiger partial charge on any atom is -0.480 e. The number of rotatable bonds is 6. The number of hydrogen-bond acceptors (Lipinski definition) is 3. The summed E-state index contributed by atoms with van der Waals surface area (Å²) in [6, 6.07) is -1.04. The number of nitrogens with one attached hydrogen (secondary N) is 1. The van der Waals surface area contributed by atoms with Crippen LogP contribution in [0.25, 0.3) is 0 Å². The van der Waals surface area contributed by atoms with Crippen molar-refractivity contribution in [1.29, 1.82) is 0 Å². The molecule has 0 fully saturated rings. The van der Waals surface area contributed by atoms with Gasteiger partial charge in [0.05, 0.1) is 6.10 Å². The molecule has 0 bridgehead atoms. The van der Waals surface area contributed by atoms with E-state index in [0.29, 0.717) is 0 Å². The van der Waals surface area contributed by atoms with Crippen LogP contribution in [-0.2, 0) is 14.3 Å². The van der Waals surface area contributed by atoms with E-state index in [4.69, 9.17) is 16.3 Å². The van der Waals surface area contributed by atoms with Gasteiger partial charge in [0.2, 0.25) is 5.91 Å². The lowest BCUT2D eigenvalue weighted by molar-refractivity contribution is -0.142. The number of carboxylic acid groups (broad SMARTS) is 1. The molecular formula is C10H15NO4. The Balaban J connectivity index is 4.01. The zero-order valence-electron chi connectivity index (χ0n) is 8.82. The first-order valence-electron chi connectivity index (χ1n) is 4.54. The second-order valence-electron chi connectivity index (χ2n) is 3.23. The van der Waals surface area contributed by atoms with Crippen molar-refractivity contribution in [2.24, 2.45) is 0 Å². The molecule has 0 saturated heterocycles. The fraction of sp³-hybridized carbons (Fsp3) is 0.600. The molecule has 1 atom stereocenters. The first-order chi connectivity index (χ1) is 6.97. The smallest absolute Gasteiger partial charge is 0.327 e. The fourth-order valence-corrected chi connectivity index (χ4v) is 0.796. The van der Waals surface area contributed by atoms with Crippen LogP contribution < -0.4 is 5.32 Å². The number of terminal acetylenes is 1. The fourth-order valence-electron chi connectivity index (χ4n) is 0.796. The average molecular weight is 213 g/mol. The summed E-state index contributed by atoms with van der Waals surface area (Å²) in [6.45, 7) is 3.40. The van der Waals surface area contributed by atoms with Crippen molar-refractivity contribution in [3.63, 3.8) is 0 Å². The van der Waals surface area contributed by atoms with Gasteiger partial charge in [0.15, 0.2) is 0 Å². The number of carbonyl (C=O) groups is 2. The van der Waals surface area contributed by atoms with Gasteiger partial charge in [-0.2, -0.15) is 0 Å². The SMILES string of the molecule is C#CCC(NC(=O)COC(C)C)C(=O)O. The summed E-state index contributed by atoms with van der Waals surface area (Å²) >= 11 is 0. The molecule has 0 aromatic carbocycles. The van der Waals surface area contributed by atoms with E-state index in [1.165, 1.54) is 0 Å². The monoisotopic (exact) mass is 213 g/mol. The van der Waals surface area contributed by atoms with E-state index in [2.05, 4.69) is 11.2 Å². The predicted molar refractivity (Wildman–Crippen MR) is 54.1 cm³/mol. The Morgan fingerprint density at radius 1 is 1.53 bits per heavy atom. The summed E-state index contributed by atoms with van der Waals surface area (Å²) in [5.41, 5.74) is 0. The first kappa shape index (κ1) is 13.5. The van der Waals surface area contributed by atoms with Crippen molar-refractivity contribution in [2.75, 3.05) is 6.61 Å². The molecule has 0 heterocycles. The highest BCUT2D eigenvalue weighted by Crippen LogP contribution is 1.92. The third kappa shape index (κ3) is 6.52. The Labute approximate surface area is 88.8 Å². The Hall–Kier alpha value is -1.54. The van der Waals surface area contributed by atoms with Crippen LogP contribution in [0.1, 0.15) is 20.3 Å². The zero-order chi connectivity index (χ0) is 11.8. The molecule has 0 spiro atoms. The van der Waals surface area contributed by atoms with Crippen LogP contribution in [0.2, 0.25) is 0 Å². The topological polar surface area (TPSA) is 75.6 Å². The molecule has 0 aromatic rings. The number of carbonyl (C=O) groups excluding carboxylic acids is 1. The zero-order valence-corrected chi connectivity index (χ0v) is 8.82. The summed E-state index contributed by atoms with van der Waals surface area (Å²) in [7, 11) is 0. The Morgan fingerprint density at radius 3 is 2.53 bits per heavy atom. The van der Waals surface area contributed by atoms with E-state index >= 15 is 0 Å². The molecule has 0 aliphatic heterocycles. The Kier molecular flexibility index (Phi) is 6.14. The summed E-state index contributed by atoms with van der Waals surface area (Å²) < 4.78 is 5.01.